The van der Waals surface area contributed by atoms with Crippen LogP contribution < -0.4 is 5.32 Å². The van der Waals surface area contributed by atoms with Gasteiger partial charge in [0.15, 0.2) is 0 Å². The van der Waals surface area contributed by atoms with E-state index < -0.39 is 5.54 Å². The van der Waals surface area contributed by atoms with Gasteiger partial charge in [-0.1, -0.05) is 32.4 Å². The molecule has 1 aromatic rings. The second kappa shape index (κ2) is 5.55. The maximum absolute atomic E-state index is 9.33. The highest BCUT2D eigenvalue weighted by atomic mass is 15.0. The van der Waals surface area contributed by atoms with Gasteiger partial charge in [0.05, 0.1) is 6.07 Å². The predicted octanol–water partition coefficient (Wildman–Crippen LogP) is 3.88. The van der Waals surface area contributed by atoms with Crippen LogP contribution in [-0.4, -0.2) is 5.54 Å². The molecule has 0 saturated carbocycles. The van der Waals surface area contributed by atoms with E-state index in [1.807, 2.05) is 12.1 Å². The smallest absolute Gasteiger partial charge is 0.125 e. The van der Waals surface area contributed by atoms with Gasteiger partial charge in [0.1, 0.15) is 5.54 Å². The summed E-state index contributed by atoms with van der Waals surface area (Å²) in [6.07, 6.45) is 2.72. The molecule has 86 valence electrons. The third-order valence-electron chi connectivity index (χ3n) is 2.90. The molecule has 1 rings (SSSR count). The maximum atomic E-state index is 9.33. The Hall–Kier alpha value is -1.49. The monoisotopic (exact) mass is 216 g/mol. The molecule has 1 unspecified atom stereocenters. The summed E-state index contributed by atoms with van der Waals surface area (Å²) in [6, 6.07) is 10.6. The number of hydrogen-bond donors (Lipinski definition) is 1. The first-order valence-corrected chi connectivity index (χ1v) is 5.92. The first kappa shape index (κ1) is 12.6. The molecule has 0 amide bonds. The number of aryl methyl sites for hydroxylation is 1. The van der Waals surface area contributed by atoms with Crippen molar-refractivity contribution >= 4 is 5.69 Å². The summed E-state index contributed by atoms with van der Waals surface area (Å²) in [5.74, 6) is 0. The summed E-state index contributed by atoms with van der Waals surface area (Å²) in [7, 11) is 0. The maximum Gasteiger partial charge on any atom is 0.125 e. The molecule has 0 spiro atoms. The molecule has 0 heterocycles. The molecule has 2 heteroatoms. The van der Waals surface area contributed by atoms with Crippen LogP contribution >= 0.6 is 0 Å². The van der Waals surface area contributed by atoms with Gasteiger partial charge in [0.2, 0.25) is 0 Å². The molecule has 0 radical (unpaired) electrons. The third kappa shape index (κ3) is 3.00. The van der Waals surface area contributed by atoms with Gasteiger partial charge in [-0.3, -0.25) is 0 Å². The fourth-order valence-electron chi connectivity index (χ4n) is 1.92. The van der Waals surface area contributed by atoms with E-state index in [9.17, 15) is 5.26 Å². The van der Waals surface area contributed by atoms with Crippen molar-refractivity contribution in [1.82, 2.24) is 0 Å². The number of hydrogen-bond acceptors (Lipinski definition) is 2. The first-order valence-electron chi connectivity index (χ1n) is 5.92. The summed E-state index contributed by atoms with van der Waals surface area (Å²) in [5.41, 5.74) is 1.84. The van der Waals surface area contributed by atoms with Crippen molar-refractivity contribution in [2.24, 2.45) is 0 Å². The lowest BCUT2D eigenvalue weighted by molar-refractivity contribution is 0.514. The number of benzene rings is 1. The van der Waals surface area contributed by atoms with Crippen molar-refractivity contribution in [2.45, 2.75) is 45.6 Å². The van der Waals surface area contributed by atoms with Gasteiger partial charge < -0.3 is 5.32 Å². The van der Waals surface area contributed by atoms with E-state index in [1.165, 1.54) is 5.56 Å². The Labute approximate surface area is 98.3 Å². The summed E-state index contributed by atoms with van der Waals surface area (Å²) in [4.78, 5) is 0. The molecule has 2 nitrogen and oxygen atoms in total. The molecular formula is C14H20N2. The van der Waals surface area contributed by atoms with Gasteiger partial charge in [-0.05, 0) is 37.5 Å². The zero-order valence-electron chi connectivity index (χ0n) is 10.4. The third-order valence-corrected chi connectivity index (χ3v) is 2.90. The van der Waals surface area contributed by atoms with E-state index in [0.717, 1.165) is 24.9 Å². The van der Waals surface area contributed by atoms with Crippen molar-refractivity contribution in [3.8, 4) is 6.07 Å². The molecule has 0 aromatic heterocycles. The lowest BCUT2D eigenvalue weighted by Gasteiger charge is -2.27. The minimum Gasteiger partial charge on any atom is -0.367 e. The summed E-state index contributed by atoms with van der Waals surface area (Å²) in [6.45, 7) is 6.23. The second-order valence-corrected chi connectivity index (χ2v) is 4.29. The van der Waals surface area contributed by atoms with Crippen molar-refractivity contribution in [3.63, 3.8) is 0 Å². The van der Waals surface area contributed by atoms with Crippen LogP contribution in [0.1, 0.15) is 38.7 Å². The molecule has 0 aliphatic heterocycles. The van der Waals surface area contributed by atoms with Gasteiger partial charge >= 0.3 is 0 Å². The van der Waals surface area contributed by atoms with E-state index in [-0.39, 0.29) is 0 Å². The van der Waals surface area contributed by atoms with Crippen LogP contribution in [0.15, 0.2) is 24.3 Å². The highest BCUT2D eigenvalue weighted by Gasteiger charge is 2.26. The fraction of sp³-hybridized carbons (Fsp3) is 0.500. The average Bonchev–Trinajstić information content (AvgIpc) is 2.28. The highest BCUT2D eigenvalue weighted by molar-refractivity contribution is 5.49. The predicted molar refractivity (Wildman–Crippen MR) is 68.3 cm³/mol. The van der Waals surface area contributed by atoms with Gasteiger partial charge in [-0.2, -0.15) is 5.26 Å². The molecular weight excluding hydrogens is 196 g/mol. The summed E-state index contributed by atoms with van der Waals surface area (Å²) < 4.78 is 0. The standard InChI is InChI=1S/C14H20N2/c1-4-9-14(5-2,11-15)16-13-8-6-7-12(3)10-13/h6-8,10,16H,4-5,9H2,1-3H3. The molecule has 1 atom stereocenters. The highest BCUT2D eigenvalue weighted by Crippen LogP contribution is 2.23. The van der Waals surface area contributed by atoms with E-state index in [0.29, 0.717) is 0 Å². The second-order valence-electron chi connectivity index (χ2n) is 4.29. The minimum atomic E-state index is -0.414. The van der Waals surface area contributed by atoms with E-state index in [4.69, 9.17) is 0 Å². The van der Waals surface area contributed by atoms with Crippen LogP contribution in [0.3, 0.4) is 0 Å². The zero-order valence-corrected chi connectivity index (χ0v) is 10.4. The number of anilines is 1. The Morgan fingerprint density at radius 3 is 2.62 bits per heavy atom. The molecule has 0 bridgehead atoms. The van der Waals surface area contributed by atoms with Crippen LogP contribution in [0.5, 0.6) is 0 Å². The van der Waals surface area contributed by atoms with Crippen molar-refractivity contribution < 1.29 is 0 Å². The molecule has 0 aliphatic carbocycles. The molecule has 0 fully saturated rings. The van der Waals surface area contributed by atoms with E-state index in [1.54, 1.807) is 0 Å². The van der Waals surface area contributed by atoms with Gasteiger partial charge in [-0.15, -0.1) is 0 Å². The molecule has 1 aromatic carbocycles. The molecule has 0 saturated heterocycles. The largest absolute Gasteiger partial charge is 0.367 e. The van der Waals surface area contributed by atoms with Crippen LogP contribution in [0.4, 0.5) is 5.69 Å². The van der Waals surface area contributed by atoms with Crippen molar-refractivity contribution in [2.75, 3.05) is 5.32 Å². The quantitative estimate of drug-likeness (QED) is 0.810. The fourth-order valence-corrected chi connectivity index (χ4v) is 1.92. The zero-order chi connectivity index (χ0) is 12.0. The lowest BCUT2D eigenvalue weighted by atomic mass is 9.92. The van der Waals surface area contributed by atoms with Crippen LogP contribution in [0.25, 0.3) is 0 Å². The van der Waals surface area contributed by atoms with Gasteiger partial charge in [0.25, 0.3) is 0 Å². The normalized spacial score (nSPS) is 13.9. The Balaban J connectivity index is 2.88. The van der Waals surface area contributed by atoms with E-state index >= 15 is 0 Å². The number of rotatable bonds is 5. The number of nitrogens with one attached hydrogen (secondary N) is 1. The molecule has 1 N–H and O–H groups in total. The number of nitrogens with zero attached hydrogens (tertiary/aromatic N) is 1. The summed E-state index contributed by atoms with van der Waals surface area (Å²) >= 11 is 0. The average molecular weight is 216 g/mol. The van der Waals surface area contributed by atoms with E-state index in [2.05, 4.69) is 44.3 Å². The topological polar surface area (TPSA) is 35.8 Å². The van der Waals surface area contributed by atoms with Crippen molar-refractivity contribution in [1.29, 1.82) is 5.26 Å². The van der Waals surface area contributed by atoms with Gasteiger partial charge in [-0.25, -0.2) is 0 Å². The van der Waals surface area contributed by atoms with Crippen LogP contribution in [0, 0.1) is 18.3 Å². The Bertz CT molecular complexity index is 379. The molecule has 0 aliphatic rings. The summed E-state index contributed by atoms with van der Waals surface area (Å²) in [5, 5.41) is 12.7. The Morgan fingerprint density at radius 1 is 1.38 bits per heavy atom. The van der Waals surface area contributed by atoms with Crippen LogP contribution in [0.2, 0.25) is 0 Å². The SMILES string of the molecule is CCCC(C#N)(CC)Nc1cccc(C)c1. The van der Waals surface area contributed by atoms with Crippen molar-refractivity contribution in [3.05, 3.63) is 29.8 Å². The minimum absolute atomic E-state index is 0.414. The first-order chi connectivity index (χ1) is 7.65. The Kier molecular flexibility index (Phi) is 4.37. The Morgan fingerprint density at radius 2 is 2.12 bits per heavy atom. The lowest BCUT2D eigenvalue weighted by Crippen LogP contribution is -2.35. The van der Waals surface area contributed by atoms with Crippen LogP contribution in [-0.2, 0) is 0 Å². The number of nitriles is 1. The van der Waals surface area contributed by atoms with Gasteiger partial charge in [0, 0.05) is 5.69 Å². The molecule has 16 heavy (non-hydrogen) atoms.